The maximum absolute atomic E-state index is 12.2. The van der Waals surface area contributed by atoms with Crippen LogP contribution in [-0.2, 0) is 4.79 Å². The molecule has 5 rings (SSSR count). The molecule has 188 valence electrons. The highest BCUT2D eigenvalue weighted by Gasteiger charge is 2.22. The molecule has 0 aliphatic carbocycles. The summed E-state index contributed by atoms with van der Waals surface area (Å²) in [5, 5.41) is 3.95. The highest BCUT2D eigenvalue weighted by Crippen LogP contribution is 2.30. The SMILES string of the molecule is Cc1ccc(Cl)cc1-n1cnc(C(N)=O)c1-c1nc2cc(OCC3CCNCC3)ccc2[nH]1.NC=O. The number of hydrogen-bond acceptors (Lipinski definition) is 6. The van der Waals surface area contributed by atoms with Gasteiger partial charge in [0, 0.05) is 11.1 Å². The molecule has 6 N–H and O–H groups in total. The van der Waals surface area contributed by atoms with Crippen LogP contribution in [-0.4, -0.2) is 51.5 Å². The molecule has 1 aliphatic rings. The Bertz CT molecular complexity index is 1380. The highest BCUT2D eigenvalue weighted by molar-refractivity contribution is 6.30. The van der Waals surface area contributed by atoms with Crippen LogP contribution >= 0.6 is 11.6 Å². The number of aromatic nitrogens is 4. The van der Waals surface area contributed by atoms with Gasteiger partial charge in [-0.25, -0.2) is 9.97 Å². The molecule has 2 aromatic heterocycles. The van der Waals surface area contributed by atoms with Gasteiger partial charge in [0.25, 0.3) is 5.91 Å². The Balaban J connectivity index is 0.000000967. The van der Waals surface area contributed by atoms with E-state index in [4.69, 9.17) is 31.8 Å². The number of nitrogens with two attached hydrogens (primary N) is 2. The summed E-state index contributed by atoms with van der Waals surface area (Å²) in [4.78, 5) is 33.0. The second kappa shape index (κ2) is 11.2. The first-order chi connectivity index (χ1) is 17.4. The molecule has 2 aromatic carbocycles. The number of H-pyrrole nitrogens is 1. The number of benzene rings is 2. The van der Waals surface area contributed by atoms with Gasteiger partial charge < -0.3 is 26.5 Å². The summed E-state index contributed by atoms with van der Waals surface area (Å²) >= 11 is 6.24. The molecule has 0 spiro atoms. The van der Waals surface area contributed by atoms with E-state index in [0.29, 0.717) is 29.1 Å². The third-order valence-electron chi connectivity index (χ3n) is 6.05. The Morgan fingerprint density at radius 3 is 2.72 bits per heavy atom. The summed E-state index contributed by atoms with van der Waals surface area (Å²) in [6, 6.07) is 11.3. The van der Waals surface area contributed by atoms with E-state index in [1.54, 1.807) is 10.9 Å². The van der Waals surface area contributed by atoms with Crippen LogP contribution in [0.25, 0.3) is 28.2 Å². The minimum absolute atomic E-state index is 0.135. The third kappa shape index (κ3) is 5.50. The van der Waals surface area contributed by atoms with E-state index in [1.807, 2.05) is 43.3 Å². The van der Waals surface area contributed by atoms with E-state index in [-0.39, 0.29) is 12.1 Å². The average molecular weight is 510 g/mol. The van der Waals surface area contributed by atoms with Crippen LogP contribution < -0.4 is 21.5 Å². The van der Waals surface area contributed by atoms with E-state index in [9.17, 15) is 4.79 Å². The first kappa shape index (κ1) is 25.2. The predicted octanol–water partition coefficient (Wildman–Crippen LogP) is 2.96. The topological polar surface area (TPSA) is 154 Å². The van der Waals surface area contributed by atoms with Crippen molar-refractivity contribution in [3.8, 4) is 23.0 Å². The summed E-state index contributed by atoms with van der Waals surface area (Å²) in [5.74, 6) is 1.19. The maximum atomic E-state index is 12.2. The minimum atomic E-state index is -0.630. The Hall–Kier alpha value is -3.89. The van der Waals surface area contributed by atoms with E-state index in [2.05, 4.69) is 21.0 Å². The molecule has 1 fully saturated rings. The first-order valence-corrected chi connectivity index (χ1v) is 11.9. The largest absolute Gasteiger partial charge is 0.493 e. The van der Waals surface area contributed by atoms with Crippen molar-refractivity contribution in [3.63, 3.8) is 0 Å². The van der Waals surface area contributed by atoms with Crippen LogP contribution in [0.4, 0.5) is 0 Å². The highest BCUT2D eigenvalue weighted by atomic mass is 35.5. The van der Waals surface area contributed by atoms with Crippen molar-refractivity contribution in [1.29, 1.82) is 0 Å². The molecule has 36 heavy (non-hydrogen) atoms. The lowest BCUT2D eigenvalue weighted by Gasteiger charge is -2.22. The summed E-state index contributed by atoms with van der Waals surface area (Å²) in [6.45, 7) is 4.73. The monoisotopic (exact) mass is 509 g/mol. The molecule has 0 unspecified atom stereocenters. The molecule has 10 nitrogen and oxygen atoms in total. The van der Waals surface area contributed by atoms with Crippen LogP contribution in [0.3, 0.4) is 0 Å². The fraction of sp³-hybridized carbons (Fsp3) is 0.280. The number of ether oxygens (including phenoxy) is 1. The van der Waals surface area contributed by atoms with Crippen molar-refractivity contribution in [2.75, 3.05) is 19.7 Å². The molecule has 0 atom stereocenters. The Kier molecular flexibility index (Phi) is 7.87. The normalized spacial score (nSPS) is 13.7. The second-order valence-corrected chi connectivity index (χ2v) is 8.95. The summed E-state index contributed by atoms with van der Waals surface area (Å²) in [6.07, 6.45) is 4.06. The number of rotatable bonds is 6. The lowest BCUT2D eigenvalue weighted by Crippen LogP contribution is -2.30. The summed E-state index contributed by atoms with van der Waals surface area (Å²) in [7, 11) is 0. The number of primary amides is 2. The number of nitrogens with one attached hydrogen (secondary N) is 2. The van der Waals surface area contributed by atoms with Crippen molar-refractivity contribution in [2.45, 2.75) is 19.8 Å². The minimum Gasteiger partial charge on any atom is -0.493 e. The van der Waals surface area contributed by atoms with Gasteiger partial charge in [-0.3, -0.25) is 14.2 Å². The van der Waals surface area contributed by atoms with Crippen LogP contribution in [0.2, 0.25) is 5.02 Å². The Morgan fingerprint density at radius 1 is 1.25 bits per heavy atom. The smallest absolute Gasteiger partial charge is 0.269 e. The lowest BCUT2D eigenvalue weighted by molar-refractivity contribution is -0.106. The summed E-state index contributed by atoms with van der Waals surface area (Å²) in [5.41, 5.74) is 13.7. The van der Waals surface area contributed by atoms with Crippen LogP contribution in [0.1, 0.15) is 28.9 Å². The zero-order chi connectivity index (χ0) is 25.7. The van der Waals surface area contributed by atoms with Gasteiger partial charge in [0.15, 0.2) is 11.5 Å². The number of fused-ring (bicyclic) bond motifs is 1. The molecule has 2 amide bonds. The van der Waals surface area contributed by atoms with Crippen molar-refractivity contribution < 1.29 is 14.3 Å². The number of nitrogens with zero attached hydrogens (tertiary/aromatic N) is 3. The lowest BCUT2D eigenvalue weighted by atomic mass is 9.99. The number of carbonyl (C=O) groups is 2. The Morgan fingerprint density at radius 2 is 2.00 bits per heavy atom. The van der Waals surface area contributed by atoms with Gasteiger partial charge in [0.05, 0.1) is 23.3 Å². The van der Waals surface area contributed by atoms with Gasteiger partial charge in [0.2, 0.25) is 6.41 Å². The fourth-order valence-corrected chi connectivity index (χ4v) is 4.40. The fourth-order valence-electron chi connectivity index (χ4n) is 4.23. The van der Waals surface area contributed by atoms with Crippen molar-refractivity contribution in [1.82, 2.24) is 24.8 Å². The molecule has 3 heterocycles. The van der Waals surface area contributed by atoms with Crippen LogP contribution in [0.5, 0.6) is 5.75 Å². The molecule has 11 heteroatoms. The van der Waals surface area contributed by atoms with Gasteiger partial charge in [-0.2, -0.15) is 0 Å². The number of hydrogen-bond donors (Lipinski definition) is 4. The van der Waals surface area contributed by atoms with E-state index >= 15 is 0 Å². The van der Waals surface area contributed by atoms with Crippen LogP contribution in [0.15, 0.2) is 42.7 Å². The quantitative estimate of drug-likeness (QED) is 0.293. The maximum Gasteiger partial charge on any atom is 0.269 e. The van der Waals surface area contributed by atoms with Gasteiger partial charge in [-0.05, 0) is 68.6 Å². The molecular formula is C25H28ClN7O3. The van der Waals surface area contributed by atoms with Crippen molar-refractivity contribution >= 4 is 35.0 Å². The zero-order valence-electron chi connectivity index (χ0n) is 19.8. The second-order valence-electron chi connectivity index (χ2n) is 8.51. The molecule has 4 aromatic rings. The molecule has 0 saturated carbocycles. The molecule has 0 radical (unpaired) electrons. The van der Waals surface area contributed by atoms with Crippen molar-refractivity contribution in [3.05, 3.63) is 59.0 Å². The van der Waals surface area contributed by atoms with Crippen molar-refractivity contribution in [2.24, 2.45) is 17.4 Å². The number of carbonyl (C=O) groups excluding carboxylic acids is 2. The number of halogens is 1. The van der Waals surface area contributed by atoms with Gasteiger partial charge >= 0.3 is 0 Å². The number of piperidine rings is 1. The standard InChI is InChI=1S/C24H25ClN6O2.CH3NO/c1-14-2-3-16(25)10-20(14)31-13-28-21(23(26)32)22(31)24-29-18-5-4-17(11-19(18)30-24)33-12-15-6-8-27-9-7-15;2-1-3/h2-5,10-11,13,15,27H,6-9,12H2,1H3,(H2,26,32)(H,29,30);1H,(H2,2,3). The average Bonchev–Trinajstić information content (AvgIpc) is 3.49. The van der Waals surface area contributed by atoms with Crippen LogP contribution in [0, 0.1) is 12.8 Å². The summed E-state index contributed by atoms with van der Waals surface area (Å²) < 4.78 is 7.83. The Labute approximate surface area is 213 Å². The number of amides is 2. The first-order valence-electron chi connectivity index (χ1n) is 11.5. The molecule has 1 saturated heterocycles. The van der Waals surface area contributed by atoms with E-state index in [0.717, 1.165) is 54.0 Å². The molecular weight excluding hydrogens is 482 g/mol. The number of aromatic amines is 1. The van der Waals surface area contributed by atoms with E-state index < -0.39 is 5.91 Å². The van der Waals surface area contributed by atoms with Gasteiger partial charge in [-0.15, -0.1) is 0 Å². The van der Waals surface area contributed by atoms with E-state index in [1.165, 1.54) is 0 Å². The molecule has 1 aliphatic heterocycles. The third-order valence-corrected chi connectivity index (χ3v) is 6.29. The molecule has 0 bridgehead atoms. The zero-order valence-corrected chi connectivity index (χ0v) is 20.6. The number of aryl methyl sites for hydroxylation is 1. The van der Waals surface area contributed by atoms with Gasteiger partial charge in [0.1, 0.15) is 17.8 Å². The number of imidazole rings is 2. The van der Waals surface area contributed by atoms with Gasteiger partial charge in [-0.1, -0.05) is 17.7 Å². The predicted molar refractivity (Wildman–Crippen MR) is 138 cm³/mol.